The number of carboxylic acids is 1. The molecule has 0 aromatic heterocycles. The monoisotopic (exact) mass is 344 g/mol. The fourth-order valence-electron chi connectivity index (χ4n) is 2.07. The van der Waals surface area contributed by atoms with Crippen molar-refractivity contribution in [2.45, 2.75) is 12.8 Å². The molecule has 7 heteroatoms. The molecule has 122 valence electrons. The van der Waals surface area contributed by atoms with Crippen molar-refractivity contribution >= 4 is 17.6 Å². The molecule has 23 heavy (non-hydrogen) atoms. The first kappa shape index (κ1) is 17.3. The topological polar surface area (TPSA) is 46.5 Å². The standard InChI is InChI=1S/C16H12ClF3O3/c17-14-6-5-11(16(18,19)20)7-13(14)12-4-2-1-3-10(12)8-23-9-15(21)22/h1-7H,8-9H2,(H,21,22). The lowest BCUT2D eigenvalue weighted by Crippen LogP contribution is -2.07. The quantitative estimate of drug-likeness (QED) is 0.860. The molecule has 2 aromatic rings. The molecule has 2 aromatic carbocycles. The number of aliphatic carboxylic acids is 1. The Morgan fingerprint density at radius 3 is 2.48 bits per heavy atom. The third kappa shape index (κ3) is 4.46. The highest BCUT2D eigenvalue weighted by molar-refractivity contribution is 6.33. The van der Waals surface area contributed by atoms with Gasteiger partial charge in [-0.3, -0.25) is 0 Å². The van der Waals surface area contributed by atoms with E-state index in [0.717, 1.165) is 12.1 Å². The van der Waals surface area contributed by atoms with E-state index >= 15 is 0 Å². The van der Waals surface area contributed by atoms with Crippen LogP contribution in [0.4, 0.5) is 13.2 Å². The highest BCUT2D eigenvalue weighted by Gasteiger charge is 2.31. The van der Waals surface area contributed by atoms with E-state index in [2.05, 4.69) is 0 Å². The normalized spacial score (nSPS) is 11.5. The first-order valence-corrected chi connectivity index (χ1v) is 6.91. The molecule has 2 rings (SSSR count). The van der Waals surface area contributed by atoms with Crippen molar-refractivity contribution in [2.75, 3.05) is 6.61 Å². The summed E-state index contributed by atoms with van der Waals surface area (Å²) in [7, 11) is 0. The zero-order valence-electron chi connectivity index (χ0n) is 11.7. The van der Waals surface area contributed by atoms with Gasteiger partial charge in [-0.25, -0.2) is 4.79 Å². The average Bonchev–Trinajstić information content (AvgIpc) is 2.47. The van der Waals surface area contributed by atoms with Crippen molar-refractivity contribution in [2.24, 2.45) is 0 Å². The Kier molecular flexibility index (Phi) is 5.28. The molecule has 1 N–H and O–H groups in total. The van der Waals surface area contributed by atoms with E-state index in [9.17, 15) is 18.0 Å². The smallest absolute Gasteiger partial charge is 0.416 e. The van der Waals surface area contributed by atoms with Gasteiger partial charge in [0.1, 0.15) is 6.61 Å². The zero-order chi connectivity index (χ0) is 17.0. The van der Waals surface area contributed by atoms with Crippen LogP contribution in [-0.2, 0) is 22.3 Å². The second-order valence-electron chi connectivity index (χ2n) is 4.74. The summed E-state index contributed by atoms with van der Waals surface area (Å²) in [4.78, 5) is 10.5. The Labute approximate surface area is 135 Å². The molecule has 0 heterocycles. The number of ether oxygens (including phenoxy) is 1. The summed E-state index contributed by atoms with van der Waals surface area (Å²) in [5.41, 5.74) is 0.429. The third-order valence-electron chi connectivity index (χ3n) is 3.08. The predicted molar refractivity (Wildman–Crippen MR) is 79.2 cm³/mol. The molecule has 3 nitrogen and oxygen atoms in total. The number of carbonyl (C=O) groups is 1. The van der Waals surface area contributed by atoms with Crippen LogP contribution in [-0.4, -0.2) is 17.7 Å². The summed E-state index contributed by atoms with van der Waals surface area (Å²) in [6, 6.07) is 9.67. The van der Waals surface area contributed by atoms with Crippen molar-refractivity contribution in [3.8, 4) is 11.1 Å². The SMILES string of the molecule is O=C(O)COCc1ccccc1-c1cc(C(F)(F)F)ccc1Cl. The van der Waals surface area contributed by atoms with Crippen LogP contribution in [0.1, 0.15) is 11.1 Å². The third-order valence-corrected chi connectivity index (χ3v) is 3.41. The minimum atomic E-state index is -4.48. The summed E-state index contributed by atoms with van der Waals surface area (Å²) < 4.78 is 43.6. The highest BCUT2D eigenvalue weighted by atomic mass is 35.5. The Morgan fingerprint density at radius 1 is 1.13 bits per heavy atom. The zero-order valence-corrected chi connectivity index (χ0v) is 12.5. The maximum absolute atomic E-state index is 12.9. The van der Waals surface area contributed by atoms with Crippen LogP contribution in [0, 0.1) is 0 Å². The summed E-state index contributed by atoms with van der Waals surface area (Å²) in [5.74, 6) is -1.13. The van der Waals surface area contributed by atoms with Gasteiger partial charge in [0.15, 0.2) is 0 Å². The second kappa shape index (κ2) is 7.02. The Bertz CT molecular complexity index is 714. The number of benzene rings is 2. The van der Waals surface area contributed by atoms with Crippen molar-refractivity contribution in [1.29, 1.82) is 0 Å². The molecular formula is C16H12ClF3O3. The summed E-state index contributed by atoms with van der Waals surface area (Å²) in [6.45, 7) is -0.542. The van der Waals surface area contributed by atoms with Crippen LogP contribution in [0.25, 0.3) is 11.1 Å². The van der Waals surface area contributed by atoms with E-state index in [-0.39, 0.29) is 17.2 Å². The van der Waals surface area contributed by atoms with E-state index in [1.165, 1.54) is 6.07 Å². The van der Waals surface area contributed by atoms with Gasteiger partial charge in [0, 0.05) is 10.6 Å². The lowest BCUT2D eigenvalue weighted by molar-refractivity contribution is -0.142. The molecule has 0 aliphatic carbocycles. The van der Waals surface area contributed by atoms with Gasteiger partial charge in [-0.2, -0.15) is 13.2 Å². The molecule has 0 radical (unpaired) electrons. The van der Waals surface area contributed by atoms with Crippen LogP contribution in [0.15, 0.2) is 42.5 Å². The Hall–Kier alpha value is -2.05. The van der Waals surface area contributed by atoms with Crippen LogP contribution < -0.4 is 0 Å². The molecule has 0 spiro atoms. The maximum Gasteiger partial charge on any atom is 0.416 e. The van der Waals surface area contributed by atoms with Gasteiger partial charge >= 0.3 is 12.1 Å². The maximum atomic E-state index is 12.9. The van der Waals surface area contributed by atoms with Crippen LogP contribution in [0.5, 0.6) is 0 Å². The van der Waals surface area contributed by atoms with Gasteiger partial charge in [-0.05, 0) is 29.3 Å². The molecule has 0 saturated carbocycles. The minimum absolute atomic E-state index is 0.0466. The van der Waals surface area contributed by atoms with Crippen LogP contribution >= 0.6 is 11.6 Å². The number of rotatable bonds is 5. The number of halogens is 4. The average molecular weight is 345 g/mol. The van der Waals surface area contributed by atoms with Gasteiger partial charge in [0.05, 0.1) is 12.2 Å². The molecule has 0 aliphatic rings. The molecule has 0 saturated heterocycles. The number of hydrogen-bond acceptors (Lipinski definition) is 2. The largest absolute Gasteiger partial charge is 0.480 e. The molecule has 0 unspecified atom stereocenters. The predicted octanol–water partition coefficient (Wildman–Crippen LogP) is 4.63. The Morgan fingerprint density at radius 2 is 1.83 bits per heavy atom. The van der Waals surface area contributed by atoms with E-state index < -0.39 is 24.3 Å². The lowest BCUT2D eigenvalue weighted by atomic mass is 9.98. The first-order valence-electron chi connectivity index (χ1n) is 6.53. The summed E-state index contributed by atoms with van der Waals surface area (Å²) in [5, 5.41) is 8.75. The van der Waals surface area contributed by atoms with Crippen molar-refractivity contribution in [1.82, 2.24) is 0 Å². The fraction of sp³-hybridized carbons (Fsp3) is 0.188. The number of alkyl halides is 3. The van der Waals surface area contributed by atoms with Gasteiger partial charge in [-0.1, -0.05) is 35.9 Å². The second-order valence-corrected chi connectivity index (χ2v) is 5.14. The molecule has 0 amide bonds. The lowest BCUT2D eigenvalue weighted by Gasteiger charge is -2.14. The van der Waals surface area contributed by atoms with Gasteiger partial charge in [-0.15, -0.1) is 0 Å². The van der Waals surface area contributed by atoms with E-state index in [1.807, 2.05) is 0 Å². The fourth-order valence-corrected chi connectivity index (χ4v) is 2.28. The highest BCUT2D eigenvalue weighted by Crippen LogP contribution is 2.37. The van der Waals surface area contributed by atoms with E-state index in [0.29, 0.717) is 11.1 Å². The molecule has 0 aliphatic heterocycles. The minimum Gasteiger partial charge on any atom is -0.480 e. The molecule has 0 atom stereocenters. The summed E-state index contributed by atoms with van der Waals surface area (Å²) >= 11 is 6.04. The van der Waals surface area contributed by atoms with Crippen molar-refractivity contribution < 1.29 is 27.8 Å². The van der Waals surface area contributed by atoms with Gasteiger partial charge in [0.2, 0.25) is 0 Å². The summed E-state index contributed by atoms with van der Waals surface area (Å²) in [6.07, 6.45) is -4.48. The molecule has 0 bridgehead atoms. The molecular weight excluding hydrogens is 333 g/mol. The molecule has 0 fully saturated rings. The number of hydrogen-bond donors (Lipinski definition) is 1. The van der Waals surface area contributed by atoms with Crippen molar-refractivity contribution in [3.05, 3.63) is 58.6 Å². The van der Waals surface area contributed by atoms with E-state index in [1.54, 1.807) is 24.3 Å². The van der Waals surface area contributed by atoms with Crippen LogP contribution in [0.3, 0.4) is 0 Å². The van der Waals surface area contributed by atoms with Crippen LogP contribution in [0.2, 0.25) is 5.02 Å². The Balaban J connectivity index is 2.40. The first-order chi connectivity index (χ1) is 10.8. The van der Waals surface area contributed by atoms with Gasteiger partial charge < -0.3 is 9.84 Å². The van der Waals surface area contributed by atoms with Crippen molar-refractivity contribution in [3.63, 3.8) is 0 Å². The van der Waals surface area contributed by atoms with Gasteiger partial charge in [0.25, 0.3) is 0 Å². The van der Waals surface area contributed by atoms with E-state index in [4.69, 9.17) is 21.4 Å². The number of carboxylic acid groups (broad SMARTS) is 1.